The van der Waals surface area contributed by atoms with E-state index >= 15 is 0 Å². The van der Waals surface area contributed by atoms with Gasteiger partial charge in [0.1, 0.15) is 0 Å². The second-order valence-corrected chi connectivity index (χ2v) is 4.33. The highest BCUT2D eigenvalue weighted by Gasteiger charge is 2.39. The van der Waals surface area contributed by atoms with E-state index in [2.05, 4.69) is 17.1 Å². The Labute approximate surface area is 73.9 Å². The van der Waals surface area contributed by atoms with E-state index < -0.39 is 5.60 Å². The molecule has 68 valence electrons. The average molecular weight is 167 g/mol. The normalized spacial score (nSPS) is 34.7. The first-order valence-corrected chi connectivity index (χ1v) is 4.80. The smallest absolute Gasteiger partial charge is 0.0872 e. The molecule has 0 bridgehead atoms. The largest absolute Gasteiger partial charge is 0.388 e. The van der Waals surface area contributed by atoms with Crippen LogP contribution in [0.15, 0.2) is 12.2 Å². The maximum atomic E-state index is 9.55. The van der Waals surface area contributed by atoms with Gasteiger partial charge in [0.25, 0.3) is 0 Å². The minimum atomic E-state index is -0.411. The number of hydrogen-bond donors (Lipinski definition) is 1. The van der Waals surface area contributed by atoms with E-state index in [1.165, 1.54) is 19.3 Å². The summed E-state index contributed by atoms with van der Waals surface area (Å²) in [5.41, 5.74) is -0.411. The lowest BCUT2D eigenvalue weighted by Crippen LogP contribution is -2.62. The molecule has 0 amide bonds. The van der Waals surface area contributed by atoms with Crippen LogP contribution in [0.5, 0.6) is 0 Å². The molecule has 1 aliphatic carbocycles. The van der Waals surface area contributed by atoms with Crippen LogP contribution in [0.3, 0.4) is 0 Å². The van der Waals surface area contributed by atoms with Gasteiger partial charge in [-0.3, -0.25) is 4.90 Å². The molecule has 1 N–H and O–H groups in total. The van der Waals surface area contributed by atoms with Crippen LogP contribution >= 0.6 is 0 Å². The Morgan fingerprint density at radius 3 is 2.75 bits per heavy atom. The summed E-state index contributed by atoms with van der Waals surface area (Å²) in [4.78, 5) is 2.36. The predicted octanol–water partition coefficient (Wildman–Crippen LogP) is 1.16. The molecular formula is C10H17NO. The Bertz CT molecular complexity index is 190. The molecule has 1 fully saturated rings. The molecule has 1 atom stereocenters. The number of allylic oxidation sites excluding steroid dienone is 1. The van der Waals surface area contributed by atoms with Crippen LogP contribution in [0.4, 0.5) is 0 Å². The van der Waals surface area contributed by atoms with E-state index in [0.29, 0.717) is 6.04 Å². The van der Waals surface area contributed by atoms with Gasteiger partial charge >= 0.3 is 0 Å². The number of likely N-dealkylation sites (tertiary alicyclic amines) is 1. The number of aliphatic hydroxyl groups is 1. The van der Waals surface area contributed by atoms with Crippen molar-refractivity contribution in [1.82, 2.24) is 4.90 Å². The van der Waals surface area contributed by atoms with Gasteiger partial charge in [0.2, 0.25) is 0 Å². The number of nitrogens with zero attached hydrogens (tertiary/aromatic N) is 1. The third-order valence-corrected chi connectivity index (χ3v) is 2.79. The minimum Gasteiger partial charge on any atom is -0.388 e. The molecule has 1 aliphatic heterocycles. The molecule has 1 unspecified atom stereocenters. The van der Waals surface area contributed by atoms with Crippen molar-refractivity contribution in [1.29, 1.82) is 0 Å². The van der Waals surface area contributed by atoms with Gasteiger partial charge in [0, 0.05) is 19.1 Å². The fourth-order valence-corrected chi connectivity index (χ4v) is 2.16. The summed E-state index contributed by atoms with van der Waals surface area (Å²) in [6.07, 6.45) is 8.37. The second kappa shape index (κ2) is 2.86. The van der Waals surface area contributed by atoms with E-state index in [-0.39, 0.29) is 0 Å². The Morgan fingerprint density at radius 1 is 1.50 bits per heavy atom. The van der Waals surface area contributed by atoms with Crippen molar-refractivity contribution in [3.05, 3.63) is 12.2 Å². The summed E-state index contributed by atoms with van der Waals surface area (Å²) in [7, 11) is 0. The molecule has 1 saturated heterocycles. The van der Waals surface area contributed by atoms with Crippen LogP contribution in [0.1, 0.15) is 26.2 Å². The second-order valence-electron chi connectivity index (χ2n) is 4.33. The van der Waals surface area contributed by atoms with E-state index in [4.69, 9.17) is 0 Å². The van der Waals surface area contributed by atoms with Crippen molar-refractivity contribution in [2.45, 2.75) is 37.8 Å². The van der Waals surface area contributed by atoms with Crippen molar-refractivity contribution in [3.8, 4) is 0 Å². The average Bonchev–Trinajstić information content (AvgIpc) is 2.02. The zero-order valence-electron chi connectivity index (χ0n) is 7.66. The highest BCUT2D eigenvalue weighted by Crippen LogP contribution is 2.26. The molecule has 1 heterocycles. The minimum absolute atomic E-state index is 0.411. The molecule has 0 aromatic carbocycles. The van der Waals surface area contributed by atoms with Gasteiger partial charge in [-0.15, -0.1) is 0 Å². The van der Waals surface area contributed by atoms with Gasteiger partial charge in [-0.25, -0.2) is 0 Å². The Balaban J connectivity index is 1.87. The Hall–Kier alpha value is -0.340. The highest BCUT2D eigenvalue weighted by atomic mass is 16.3. The van der Waals surface area contributed by atoms with Crippen molar-refractivity contribution < 1.29 is 5.11 Å². The van der Waals surface area contributed by atoms with E-state index in [9.17, 15) is 5.11 Å². The summed E-state index contributed by atoms with van der Waals surface area (Å²) < 4.78 is 0. The fraction of sp³-hybridized carbons (Fsp3) is 0.800. The summed E-state index contributed by atoms with van der Waals surface area (Å²) in [6, 6.07) is 0.610. The number of hydrogen-bond acceptors (Lipinski definition) is 2. The van der Waals surface area contributed by atoms with Gasteiger partial charge in [-0.05, 0) is 26.2 Å². The first-order valence-electron chi connectivity index (χ1n) is 4.80. The molecule has 0 saturated carbocycles. The maximum Gasteiger partial charge on any atom is 0.0872 e. The van der Waals surface area contributed by atoms with Gasteiger partial charge in [0.15, 0.2) is 0 Å². The first kappa shape index (κ1) is 8.27. The lowest BCUT2D eigenvalue weighted by molar-refractivity contribution is -0.0960. The third-order valence-electron chi connectivity index (χ3n) is 2.79. The van der Waals surface area contributed by atoms with Crippen LogP contribution in [0, 0.1) is 0 Å². The Kier molecular flexibility index (Phi) is 1.97. The summed E-state index contributed by atoms with van der Waals surface area (Å²) in [6.45, 7) is 3.61. The van der Waals surface area contributed by atoms with E-state index in [1.54, 1.807) is 0 Å². The number of rotatable bonds is 1. The van der Waals surface area contributed by atoms with Crippen LogP contribution in [0.25, 0.3) is 0 Å². The van der Waals surface area contributed by atoms with Gasteiger partial charge < -0.3 is 5.11 Å². The van der Waals surface area contributed by atoms with Crippen LogP contribution in [0.2, 0.25) is 0 Å². The summed E-state index contributed by atoms with van der Waals surface area (Å²) >= 11 is 0. The Morgan fingerprint density at radius 2 is 2.25 bits per heavy atom. The van der Waals surface area contributed by atoms with Crippen LogP contribution < -0.4 is 0 Å². The van der Waals surface area contributed by atoms with Crippen molar-refractivity contribution in [2.24, 2.45) is 0 Å². The van der Waals surface area contributed by atoms with Crippen LogP contribution in [-0.2, 0) is 0 Å². The molecule has 2 heteroatoms. The standard InChI is InChI=1S/C10H17NO/c1-10(12)7-11(8-10)9-5-3-2-4-6-9/h3,5,9,12H,2,4,6-8H2,1H3. The monoisotopic (exact) mass is 167 g/mol. The molecule has 0 aromatic rings. The molecule has 2 rings (SSSR count). The third kappa shape index (κ3) is 1.54. The predicted molar refractivity (Wildman–Crippen MR) is 49.0 cm³/mol. The van der Waals surface area contributed by atoms with Gasteiger partial charge in [0.05, 0.1) is 5.60 Å². The fourth-order valence-electron chi connectivity index (χ4n) is 2.16. The molecular weight excluding hydrogens is 150 g/mol. The van der Waals surface area contributed by atoms with Crippen LogP contribution in [-0.4, -0.2) is 34.7 Å². The number of β-amino-alcohol motifs (C(OH)–C–C–N with tert-alkyl or cyclic N) is 1. The maximum absolute atomic E-state index is 9.55. The molecule has 0 spiro atoms. The van der Waals surface area contributed by atoms with Crippen molar-refractivity contribution >= 4 is 0 Å². The zero-order chi connectivity index (χ0) is 8.60. The summed E-state index contributed by atoms with van der Waals surface area (Å²) in [5, 5.41) is 9.55. The lowest BCUT2D eigenvalue weighted by atomic mass is 9.91. The molecule has 0 aromatic heterocycles. The molecule has 12 heavy (non-hydrogen) atoms. The quantitative estimate of drug-likeness (QED) is 0.592. The van der Waals surface area contributed by atoms with Crippen molar-refractivity contribution in [2.75, 3.05) is 13.1 Å². The van der Waals surface area contributed by atoms with E-state index in [1.807, 2.05) is 6.92 Å². The van der Waals surface area contributed by atoms with Gasteiger partial charge in [-0.1, -0.05) is 12.2 Å². The topological polar surface area (TPSA) is 23.5 Å². The molecule has 2 aliphatic rings. The summed E-state index contributed by atoms with van der Waals surface area (Å²) in [5.74, 6) is 0. The van der Waals surface area contributed by atoms with E-state index in [0.717, 1.165) is 13.1 Å². The highest BCUT2D eigenvalue weighted by molar-refractivity contribution is 5.04. The first-order chi connectivity index (χ1) is 5.67. The lowest BCUT2D eigenvalue weighted by Gasteiger charge is -2.48. The molecule has 2 nitrogen and oxygen atoms in total. The zero-order valence-corrected chi connectivity index (χ0v) is 7.66. The van der Waals surface area contributed by atoms with Crippen molar-refractivity contribution in [3.63, 3.8) is 0 Å². The SMILES string of the molecule is CC1(O)CN(C2C=CCCC2)C1. The van der Waals surface area contributed by atoms with Gasteiger partial charge in [-0.2, -0.15) is 0 Å². The molecule has 0 radical (unpaired) electrons.